The van der Waals surface area contributed by atoms with Crippen LogP contribution in [0.15, 0.2) is 12.1 Å². The van der Waals surface area contributed by atoms with Gasteiger partial charge < -0.3 is 23.9 Å². The van der Waals surface area contributed by atoms with Gasteiger partial charge in [-0.05, 0) is 26.0 Å². The van der Waals surface area contributed by atoms with Gasteiger partial charge in [-0.1, -0.05) is 0 Å². The van der Waals surface area contributed by atoms with Crippen molar-refractivity contribution in [2.75, 3.05) is 40.0 Å². The fourth-order valence-corrected chi connectivity index (χ4v) is 3.62. The maximum Gasteiger partial charge on any atom is 0.340 e. The van der Waals surface area contributed by atoms with Crippen LogP contribution in [0, 0.1) is 6.92 Å². The van der Waals surface area contributed by atoms with Crippen LogP contribution in [0.1, 0.15) is 28.5 Å². The Morgan fingerprint density at radius 1 is 1.25 bits per heavy atom. The minimum absolute atomic E-state index is 0.0278. The number of ether oxygens (including phenoxy) is 3. The molecule has 0 bridgehead atoms. The van der Waals surface area contributed by atoms with Crippen LogP contribution in [0.5, 0.6) is 5.75 Å². The van der Waals surface area contributed by atoms with E-state index in [0.29, 0.717) is 47.5 Å². The fourth-order valence-electron chi connectivity index (χ4n) is 3.62. The normalized spacial score (nSPS) is 15.0. The second kappa shape index (κ2) is 8.62. The van der Waals surface area contributed by atoms with Gasteiger partial charge in [0.25, 0.3) is 0 Å². The van der Waals surface area contributed by atoms with Crippen LogP contribution in [0.2, 0.25) is 0 Å². The van der Waals surface area contributed by atoms with Crippen molar-refractivity contribution < 1.29 is 28.9 Å². The first-order valence-corrected chi connectivity index (χ1v) is 9.35. The summed E-state index contributed by atoms with van der Waals surface area (Å²) in [7, 11) is 1.32. The fraction of sp³-hybridized carbons (Fsp3) is 0.500. The lowest BCUT2D eigenvalue weighted by Gasteiger charge is -2.27. The number of carbonyl (C=O) groups excluding carboxylic acids is 2. The molecule has 3 rings (SSSR count). The summed E-state index contributed by atoms with van der Waals surface area (Å²) in [5, 5.41) is 11.2. The summed E-state index contributed by atoms with van der Waals surface area (Å²) in [5.41, 5.74) is 2.31. The number of phenolic OH excluding ortho intramolecular Hbond substituents is 1. The molecule has 0 saturated carbocycles. The van der Waals surface area contributed by atoms with Crippen LogP contribution in [-0.4, -0.2) is 66.5 Å². The third-order valence-corrected chi connectivity index (χ3v) is 5.05. The van der Waals surface area contributed by atoms with Crippen LogP contribution in [0.25, 0.3) is 10.9 Å². The Morgan fingerprint density at radius 2 is 1.96 bits per heavy atom. The number of fused-ring (bicyclic) bond motifs is 1. The molecule has 1 aromatic heterocycles. The van der Waals surface area contributed by atoms with Gasteiger partial charge in [0.05, 0.1) is 38.0 Å². The van der Waals surface area contributed by atoms with Gasteiger partial charge in [0.15, 0.2) is 0 Å². The highest BCUT2D eigenvalue weighted by Gasteiger charge is 2.27. The highest BCUT2D eigenvalue weighted by molar-refractivity contribution is 6.08. The number of aromatic hydroxyl groups is 1. The predicted molar refractivity (Wildman–Crippen MR) is 102 cm³/mol. The van der Waals surface area contributed by atoms with Crippen molar-refractivity contribution in [2.45, 2.75) is 26.9 Å². The Balaban J connectivity index is 2.18. The van der Waals surface area contributed by atoms with E-state index in [-0.39, 0.29) is 18.9 Å². The number of nitrogens with zero attached hydrogens (tertiary/aromatic N) is 2. The molecule has 1 aliphatic heterocycles. The van der Waals surface area contributed by atoms with Gasteiger partial charge in [-0.15, -0.1) is 0 Å². The van der Waals surface area contributed by atoms with Gasteiger partial charge in [-0.3, -0.25) is 9.69 Å². The van der Waals surface area contributed by atoms with Crippen molar-refractivity contribution >= 4 is 22.8 Å². The zero-order valence-electron chi connectivity index (χ0n) is 16.5. The topological polar surface area (TPSA) is 90.2 Å². The lowest BCUT2D eigenvalue weighted by Crippen LogP contribution is -2.35. The van der Waals surface area contributed by atoms with Crippen molar-refractivity contribution in [2.24, 2.45) is 0 Å². The lowest BCUT2D eigenvalue weighted by molar-refractivity contribution is -0.141. The Hall–Kier alpha value is -2.58. The van der Waals surface area contributed by atoms with Crippen molar-refractivity contribution in [1.82, 2.24) is 9.47 Å². The molecule has 1 saturated heterocycles. The molecule has 8 heteroatoms. The van der Waals surface area contributed by atoms with Gasteiger partial charge in [-0.2, -0.15) is 0 Å². The van der Waals surface area contributed by atoms with Crippen LogP contribution in [-0.2, 0) is 32.1 Å². The van der Waals surface area contributed by atoms with E-state index < -0.39 is 11.9 Å². The molecular formula is C20H26N2O6. The van der Waals surface area contributed by atoms with Crippen LogP contribution >= 0.6 is 0 Å². The van der Waals surface area contributed by atoms with E-state index in [0.717, 1.165) is 13.1 Å². The summed E-state index contributed by atoms with van der Waals surface area (Å²) in [6, 6.07) is 3.31. The number of benzene rings is 1. The van der Waals surface area contributed by atoms with Gasteiger partial charge in [0, 0.05) is 36.3 Å². The Labute approximate surface area is 163 Å². The molecule has 1 fully saturated rings. The third kappa shape index (κ3) is 3.83. The lowest BCUT2D eigenvalue weighted by atomic mass is 10.0. The first kappa shape index (κ1) is 20.2. The minimum Gasteiger partial charge on any atom is -0.508 e. The maximum absolute atomic E-state index is 12.7. The molecule has 1 aliphatic rings. The average molecular weight is 390 g/mol. The molecule has 0 radical (unpaired) electrons. The van der Waals surface area contributed by atoms with E-state index >= 15 is 0 Å². The molecule has 152 valence electrons. The Bertz CT molecular complexity index is 883. The van der Waals surface area contributed by atoms with E-state index in [9.17, 15) is 14.7 Å². The quantitative estimate of drug-likeness (QED) is 0.753. The van der Waals surface area contributed by atoms with E-state index in [2.05, 4.69) is 4.90 Å². The first-order chi connectivity index (χ1) is 13.5. The highest BCUT2D eigenvalue weighted by Crippen LogP contribution is 2.35. The number of esters is 2. The molecule has 0 aliphatic carbocycles. The molecule has 28 heavy (non-hydrogen) atoms. The van der Waals surface area contributed by atoms with E-state index in [1.165, 1.54) is 7.11 Å². The molecule has 2 heterocycles. The number of methoxy groups -OCH3 is 1. The van der Waals surface area contributed by atoms with Crippen molar-refractivity contribution in [3.8, 4) is 5.75 Å². The first-order valence-electron chi connectivity index (χ1n) is 9.35. The number of hydrogen-bond acceptors (Lipinski definition) is 7. The predicted octanol–water partition coefficient (Wildman–Crippen LogP) is 1.84. The average Bonchev–Trinajstić information content (AvgIpc) is 2.97. The number of aromatic nitrogens is 1. The molecular weight excluding hydrogens is 364 g/mol. The molecule has 0 amide bonds. The second-order valence-electron chi connectivity index (χ2n) is 6.69. The van der Waals surface area contributed by atoms with Gasteiger partial charge in [0.1, 0.15) is 12.3 Å². The summed E-state index contributed by atoms with van der Waals surface area (Å²) < 4.78 is 17.2. The number of carbonyl (C=O) groups is 2. The van der Waals surface area contributed by atoms with E-state index in [1.54, 1.807) is 30.5 Å². The highest BCUT2D eigenvalue weighted by atomic mass is 16.5. The molecule has 0 spiro atoms. The summed E-state index contributed by atoms with van der Waals surface area (Å²) in [5.74, 6) is -0.777. The van der Waals surface area contributed by atoms with Gasteiger partial charge in [0.2, 0.25) is 0 Å². The summed E-state index contributed by atoms with van der Waals surface area (Å²) >= 11 is 0. The summed E-state index contributed by atoms with van der Waals surface area (Å²) in [6.45, 7) is 6.93. The number of phenols is 1. The Kier molecular flexibility index (Phi) is 6.21. The molecule has 8 nitrogen and oxygen atoms in total. The summed E-state index contributed by atoms with van der Waals surface area (Å²) in [4.78, 5) is 26.8. The van der Waals surface area contributed by atoms with Crippen molar-refractivity contribution in [1.29, 1.82) is 0 Å². The Morgan fingerprint density at radius 3 is 2.61 bits per heavy atom. The van der Waals surface area contributed by atoms with Gasteiger partial charge in [-0.25, -0.2) is 4.79 Å². The summed E-state index contributed by atoms with van der Waals surface area (Å²) in [6.07, 6.45) is 0. The molecule has 2 aromatic rings. The standard InChI is InChI=1S/C20H26N2O6/c1-4-28-20(25)18-13(2)22(12-17(24)26-3)15-5-6-16(23)14(19(15)18)11-21-7-9-27-10-8-21/h5-6,23H,4,7-12H2,1-3H3. The van der Waals surface area contributed by atoms with E-state index in [1.807, 2.05) is 0 Å². The number of rotatable bonds is 6. The zero-order valence-corrected chi connectivity index (χ0v) is 16.5. The van der Waals surface area contributed by atoms with Crippen LogP contribution in [0.4, 0.5) is 0 Å². The van der Waals surface area contributed by atoms with Crippen molar-refractivity contribution in [3.63, 3.8) is 0 Å². The van der Waals surface area contributed by atoms with Crippen molar-refractivity contribution in [3.05, 3.63) is 29.0 Å². The number of morpholine rings is 1. The molecule has 0 unspecified atom stereocenters. The van der Waals surface area contributed by atoms with Crippen LogP contribution in [0.3, 0.4) is 0 Å². The molecule has 1 aromatic carbocycles. The smallest absolute Gasteiger partial charge is 0.340 e. The van der Waals surface area contributed by atoms with Gasteiger partial charge >= 0.3 is 11.9 Å². The number of hydrogen-bond donors (Lipinski definition) is 1. The SMILES string of the molecule is CCOC(=O)c1c(C)n(CC(=O)OC)c2ccc(O)c(CN3CCOCC3)c12. The minimum atomic E-state index is -0.470. The monoisotopic (exact) mass is 390 g/mol. The molecule has 1 N–H and O–H groups in total. The van der Waals surface area contributed by atoms with Crippen LogP contribution < -0.4 is 0 Å². The zero-order chi connectivity index (χ0) is 20.3. The third-order valence-electron chi connectivity index (χ3n) is 5.05. The maximum atomic E-state index is 12.7. The van der Waals surface area contributed by atoms with E-state index in [4.69, 9.17) is 14.2 Å². The molecule has 0 atom stereocenters. The second-order valence-corrected chi connectivity index (χ2v) is 6.69. The largest absolute Gasteiger partial charge is 0.508 e.